The van der Waals surface area contributed by atoms with Crippen LogP contribution in [0.15, 0.2) is 0 Å². The lowest BCUT2D eigenvalue weighted by molar-refractivity contribution is -0.130. The number of hydrogen-bond donors (Lipinski definition) is 2. The number of hydrogen-bond acceptors (Lipinski definition) is 2. The molecule has 0 aromatic rings. The molecule has 0 bridgehead atoms. The van der Waals surface area contributed by atoms with Crippen molar-refractivity contribution in [3.8, 4) is 0 Å². The van der Waals surface area contributed by atoms with Crippen LogP contribution in [0.2, 0.25) is 0 Å². The number of amides is 1. The maximum absolute atomic E-state index is 11.4. The summed E-state index contributed by atoms with van der Waals surface area (Å²) in [6.45, 7) is 9.06. The van der Waals surface area contributed by atoms with Crippen LogP contribution in [0.3, 0.4) is 0 Å². The molecule has 0 aliphatic carbocycles. The molecular formula is C9H19NO2. The Kier molecular flexibility index (Phi) is 3.27. The van der Waals surface area contributed by atoms with Gasteiger partial charge in [-0.05, 0) is 13.8 Å². The third-order valence-corrected chi connectivity index (χ3v) is 1.53. The molecule has 0 aliphatic heterocycles. The predicted octanol–water partition coefficient (Wildman–Crippen LogP) is 0.920. The highest BCUT2D eigenvalue weighted by Crippen LogP contribution is 2.14. The Labute approximate surface area is 74.2 Å². The maximum atomic E-state index is 11.4. The highest BCUT2D eigenvalue weighted by molar-refractivity contribution is 5.81. The third kappa shape index (κ3) is 3.72. The van der Waals surface area contributed by atoms with Gasteiger partial charge >= 0.3 is 0 Å². The summed E-state index contributed by atoms with van der Waals surface area (Å²) in [5.41, 5.74) is -0.920. The van der Waals surface area contributed by atoms with Crippen molar-refractivity contribution < 1.29 is 9.90 Å². The van der Waals surface area contributed by atoms with E-state index in [1.165, 1.54) is 0 Å². The van der Waals surface area contributed by atoms with E-state index in [4.69, 9.17) is 5.11 Å². The van der Waals surface area contributed by atoms with Gasteiger partial charge < -0.3 is 10.4 Å². The smallest absolute Gasteiger partial charge is 0.225 e. The van der Waals surface area contributed by atoms with Gasteiger partial charge in [0.15, 0.2) is 0 Å². The molecule has 1 amide bonds. The number of rotatable bonds is 2. The van der Waals surface area contributed by atoms with Crippen molar-refractivity contribution in [2.45, 2.75) is 40.2 Å². The minimum atomic E-state index is -0.523. The van der Waals surface area contributed by atoms with Gasteiger partial charge in [-0.1, -0.05) is 20.8 Å². The number of carbonyl (C=O) groups excluding carboxylic acids is 1. The van der Waals surface area contributed by atoms with Crippen molar-refractivity contribution in [1.82, 2.24) is 5.32 Å². The van der Waals surface area contributed by atoms with Crippen LogP contribution in [-0.2, 0) is 4.79 Å². The average molecular weight is 173 g/mol. The second-order valence-corrected chi connectivity index (χ2v) is 4.75. The minimum Gasteiger partial charge on any atom is -0.394 e. The van der Waals surface area contributed by atoms with Gasteiger partial charge in [0.05, 0.1) is 12.1 Å². The van der Waals surface area contributed by atoms with E-state index < -0.39 is 11.0 Å². The molecule has 0 unspecified atom stereocenters. The van der Waals surface area contributed by atoms with E-state index in [0.29, 0.717) is 0 Å². The third-order valence-electron chi connectivity index (χ3n) is 1.53. The maximum Gasteiger partial charge on any atom is 0.225 e. The Balaban J connectivity index is 4.20. The van der Waals surface area contributed by atoms with E-state index in [9.17, 15) is 4.79 Å². The topological polar surface area (TPSA) is 49.3 Å². The molecule has 3 heteroatoms. The Morgan fingerprint density at radius 1 is 1.25 bits per heavy atom. The fraction of sp³-hybridized carbons (Fsp3) is 0.889. The highest BCUT2D eigenvalue weighted by Gasteiger charge is 2.27. The van der Waals surface area contributed by atoms with E-state index in [0.717, 1.165) is 0 Å². The van der Waals surface area contributed by atoms with Gasteiger partial charge in [0.2, 0.25) is 5.91 Å². The van der Waals surface area contributed by atoms with Crippen molar-refractivity contribution in [1.29, 1.82) is 0 Å². The summed E-state index contributed by atoms with van der Waals surface area (Å²) in [5.74, 6) is -0.0402. The number of aliphatic hydroxyl groups excluding tert-OH is 1. The van der Waals surface area contributed by atoms with Crippen LogP contribution in [-0.4, -0.2) is 23.2 Å². The molecule has 0 aromatic carbocycles. The molecule has 12 heavy (non-hydrogen) atoms. The largest absolute Gasteiger partial charge is 0.394 e. The summed E-state index contributed by atoms with van der Waals surface area (Å²) in [6.07, 6.45) is 0. The van der Waals surface area contributed by atoms with E-state index in [2.05, 4.69) is 5.32 Å². The summed E-state index contributed by atoms with van der Waals surface area (Å²) in [7, 11) is 0. The van der Waals surface area contributed by atoms with Crippen LogP contribution >= 0.6 is 0 Å². The van der Waals surface area contributed by atoms with Gasteiger partial charge in [-0.15, -0.1) is 0 Å². The Hall–Kier alpha value is -0.570. The van der Waals surface area contributed by atoms with Gasteiger partial charge in [0.25, 0.3) is 0 Å². The molecule has 0 radical (unpaired) electrons. The van der Waals surface area contributed by atoms with E-state index >= 15 is 0 Å². The molecule has 0 spiro atoms. The van der Waals surface area contributed by atoms with Gasteiger partial charge in [-0.3, -0.25) is 4.79 Å². The monoisotopic (exact) mass is 173 g/mol. The molecule has 0 heterocycles. The normalized spacial score (nSPS) is 12.8. The Bertz CT molecular complexity index is 168. The Morgan fingerprint density at radius 3 is 1.92 bits per heavy atom. The number of carbonyl (C=O) groups is 1. The quantitative estimate of drug-likeness (QED) is 0.652. The molecule has 2 N–H and O–H groups in total. The van der Waals surface area contributed by atoms with Crippen LogP contribution < -0.4 is 5.32 Å². The van der Waals surface area contributed by atoms with E-state index in [-0.39, 0.29) is 12.5 Å². The lowest BCUT2D eigenvalue weighted by Gasteiger charge is -2.28. The molecular weight excluding hydrogens is 154 g/mol. The standard InChI is InChI=1S/C9H19NO2/c1-8(2,3)7(12)10-9(4,5)6-11/h11H,6H2,1-5H3,(H,10,12). The molecule has 72 valence electrons. The first kappa shape index (κ1) is 11.4. The summed E-state index contributed by atoms with van der Waals surface area (Å²) < 4.78 is 0. The average Bonchev–Trinajstić information content (AvgIpc) is 1.85. The first-order valence-corrected chi connectivity index (χ1v) is 4.12. The molecule has 0 atom stereocenters. The predicted molar refractivity (Wildman–Crippen MR) is 48.8 cm³/mol. The summed E-state index contributed by atoms with van der Waals surface area (Å²) in [4.78, 5) is 11.4. The number of aliphatic hydroxyl groups is 1. The lowest BCUT2D eigenvalue weighted by Crippen LogP contribution is -2.50. The SMILES string of the molecule is CC(C)(CO)NC(=O)C(C)(C)C. The molecule has 0 rings (SSSR count). The highest BCUT2D eigenvalue weighted by atomic mass is 16.3. The van der Waals surface area contributed by atoms with Gasteiger partial charge in [0, 0.05) is 5.41 Å². The molecule has 0 fully saturated rings. The first-order chi connectivity index (χ1) is 5.19. The van der Waals surface area contributed by atoms with Crippen molar-refractivity contribution in [3.63, 3.8) is 0 Å². The van der Waals surface area contributed by atoms with Gasteiger partial charge in [-0.25, -0.2) is 0 Å². The fourth-order valence-corrected chi connectivity index (χ4v) is 0.534. The van der Waals surface area contributed by atoms with Gasteiger partial charge in [-0.2, -0.15) is 0 Å². The zero-order valence-corrected chi connectivity index (χ0v) is 8.56. The minimum absolute atomic E-state index is 0.0402. The van der Waals surface area contributed by atoms with Gasteiger partial charge in [0.1, 0.15) is 0 Å². The fourth-order valence-electron chi connectivity index (χ4n) is 0.534. The zero-order chi connectivity index (χ0) is 9.99. The van der Waals surface area contributed by atoms with Crippen molar-refractivity contribution in [2.24, 2.45) is 5.41 Å². The molecule has 0 saturated heterocycles. The Morgan fingerprint density at radius 2 is 1.67 bits per heavy atom. The summed E-state index contributed by atoms with van der Waals surface area (Å²) >= 11 is 0. The van der Waals surface area contributed by atoms with E-state index in [1.807, 2.05) is 20.8 Å². The van der Waals surface area contributed by atoms with Crippen molar-refractivity contribution >= 4 is 5.91 Å². The zero-order valence-electron chi connectivity index (χ0n) is 8.56. The van der Waals surface area contributed by atoms with Crippen LogP contribution in [0.25, 0.3) is 0 Å². The van der Waals surface area contributed by atoms with Crippen LogP contribution in [0.1, 0.15) is 34.6 Å². The molecule has 0 aromatic heterocycles. The molecule has 0 saturated carbocycles. The summed E-state index contributed by atoms with van der Waals surface area (Å²) in [5, 5.41) is 11.7. The van der Waals surface area contributed by atoms with Crippen LogP contribution in [0.4, 0.5) is 0 Å². The summed E-state index contributed by atoms with van der Waals surface area (Å²) in [6, 6.07) is 0. The molecule has 0 aliphatic rings. The van der Waals surface area contributed by atoms with Crippen LogP contribution in [0.5, 0.6) is 0 Å². The van der Waals surface area contributed by atoms with Crippen LogP contribution in [0, 0.1) is 5.41 Å². The second-order valence-electron chi connectivity index (χ2n) is 4.75. The molecule has 3 nitrogen and oxygen atoms in total. The lowest BCUT2D eigenvalue weighted by atomic mass is 9.93. The first-order valence-electron chi connectivity index (χ1n) is 4.12. The second kappa shape index (κ2) is 3.44. The van der Waals surface area contributed by atoms with Crippen molar-refractivity contribution in [2.75, 3.05) is 6.61 Å². The van der Waals surface area contributed by atoms with E-state index in [1.54, 1.807) is 13.8 Å². The van der Waals surface area contributed by atoms with Crippen molar-refractivity contribution in [3.05, 3.63) is 0 Å². The number of nitrogens with one attached hydrogen (secondary N) is 1.